The van der Waals surface area contributed by atoms with Crippen molar-refractivity contribution < 1.29 is 9.32 Å². The van der Waals surface area contributed by atoms with Gasteiger partial charge in [0.25, 0.3) is 0 Å². The van der Waals surface area contributed by atoms with Crippen molar-refractivity contribution in [3.63, 3.8) is 0 Å². The SMILES string of the molecule is CCC(C(=O)N1CCCC(c2nc(-c3cccc(C)c3)no2)C1)c1ccccc1. The van der Waals surface area contributed by atoms with Gasteiger partial charge in [0, 0.05) is 18.7 Å². The highest BCUT2D eigenvalue weighted by Crippen LogP contribution is 2.30. The van der Waals surface area contributed by atoms with Crippen molar-refractivity contribution >= 4 is 5.91 Å². The summed E-state index contributed by atoms with van der Waals surface area (Å²) >= 11 is 0. The second kappa shape index (κ2) is 8.60. The van der Waals surface area contributed by atoms with Crippen molar-refractivity contribution in [3.8, 4) is 11.4 Å². The fourth-order valence-corrected chi connectivity index (χ4v) is 4.14. The Morgan fingerprint density at radius 1 is 1.21 bits per heavy atom. The van der Waals surface area contributed by atoms with E-state index in [2.05, 4.69) is 23.1 Å². The first-order chi connectivity index (χ1) is 14.2. The fraction of sp³-hybridized carbons (Fsp3) is 0.375. The van der Waals surface area contributed by atoms with Crippen molar-refractivity contribution in [3.05, 3.63) is 71.6 Å². The Hall–Kier alpha value is -2.95. The van der Waals surface area contributed by atoms with Gasteiger partial charge >= 0.3 is 0 Å². The average Bonchev–Trinajstić information content (AvgIpc) is 3.26. The summed E-state index contributed by atoms with van der Waals surface area (Å²) < 4.78 is 5.60. The number of carbonyl (C=O) groups is 1. The summed E-state index contributed by atoms with van der Waals surface area (Å²) in [6.07, 6.45) is 2.70. The number of amides is 1. The summed E-state index contributed by atoms with van der Waals surface area (Å²) in [6.45, 7) is 5.55. The summed E-state index contributed by atoms with van der Waals surface area (Å²) in [5.41, 5.74) is 3.20. The molecule has 29 heavy (non-hydrogen) atoms. The Bertz CT molecular complexity index is 967. The number of piperidine rings is 1. The van der Waals surface area contributed by atoms with Crippen LogP contribution in [0, 0.1) is 6.92 Å². The van der Waals surface area contributed by atoms with Crippen LogP contribution in [0.3, 0.4) is 0 Å². The molecule has 2 aromatic carbocycles. The summed E-state index contributed by atoms with van der Waals surface area (Å²) in [5.74, 6) is 1.43. The summed E-state index contributed by atoms with van der Waals surface area (Å²) in [7, 11) is 0. The van der Waals surface area contributed by atoms with Crippen molar-refractivity contribution in [2.24, 2.45) is 0 Å². The molecule has 0 N–H and O–H groups in total. The van der Waals surface area contributed by atoms with Crippen LogP contribution in [-0.2, 0) is 4.79 Å². The highest BCUT2D eigenvalue weighted by Gasteiger charge is 2.32. The third-order valence-electron chi connectivity index (χ3n) is 5.71. The highest BCUT2D eigenvalue weighted by molar-refractivity contribution is 5.83. The van der Waals surface area contributed by atoms with E-state index in [4.69, 9.17) is 4.52 Å². The molecule has 1 aromatic heterocycles. The molecule has 1 aliphatic heterocycles. The third-order valence-corrected chi connectivity index (χ3v) is 5.71. The predicted molar refractivity (Wildman–Crippen MR) is 113 cm³/mol. The minimum absolute atomic E-state index is 0.0899. The number of nitrogens with zero attached hydrogens (tertiary/aromatic N) is 3. The number of hydrogen-bond donors (Lipinski definition) is 0. The van der Waals surface area contributed by atoms with E-state index in [-0.39, 0.29) is 17.7 Å². The lowest BCUT2D eigenvalue weighted by Gasteiger charge is -2.33. The Morgan fingerprint density at radius 2 is 2.03 bits per heavy atom. The average molecular weight is 389 g/mol. The van der Waals surface area contributed by atoms with E-state index >= 15 is 0 Å². The second-order valence-corrected chi connectivity index (χ2v) is 7.82. The van der Waals surface area contributed by atoms with Gasteiger partial charge in [0.2, 0.25) is 17.6 Å². The molecule has 0 saturated carbocycles. The van der Waals surface area contributed by atoms with Gasteiger partial charge in [-0.2, -0.15) is 4.98 Å². The normalized spacial score (nSPS) is 17.9. The van der Waals surface area contributed by atoms with Gasteiger partial charge in [0.1, 0.15) is 0 Å². The van der Waals surface area contributed by atoms with Crippen LogP contribution >= 0.6 is 0 Å². The van der Waals surface area contributed by atoms with Crippen LogP contribution in [-0.4, -0.2) is 34.0 Å². The smallest absolute Gasteiger partial charge is 0.231 e. The number of rotatable bonds is 5. The molecular formula is C24H27N3O2. The van der Waals surface area contributed by atoms with Crippen LogP contribution in [0.2, 0.25) is 0 Å². The maximum Gasteiger partial charge on any atom is 0.231 e. The second-order valence-electron chi connectivity index (χ2n) is 7.82. The van der Waals surface area contributed by atoms with Crippen LogP contribution < -0.4 is 0 Å². The van der Waals surface area contributed by atoms with Crippen LogP contribution in [0.5, 0.6) is 0 Å². The first-order valence-corrected chi connectivity index (χ1v) is 10.4. The molecule has 150 valence electrons. The molecule has 1 aliphatic rings. The zero-order valence-corrected chi connectivity index (χ0v) is 17.0. The molecule has 1 fully saturated rings. The first-order valence-electron chi connectivity index (χ1n) is 10.4. The van der Waals surface area contributed by atoms with Gasteiger partial charge in [-0.05, 0) is 37.8 Å². The molecule has 4 rings (SSSR count). The van der Waals surface area contributed by atoms with Crippen molar-refractivity contribution in [1.29, 1.82) is 0 Å². The van der Waals surface area contributed by atoms with Gasteiger partial charge in [-0.1, -0.05) is 66.2 Å². The number of likely N-dealkylation sites (tertiary alicyclic amines) is 1. The summed E-state index contributed by atoms with van der Waals surface area (Å²) in [4.78, 5) is 19.9. The number of benzene rings is 2. The Kier molecular flexibility index (Phi) is 5.74. The summed E-state index contributed by atoms with van der Waals surface area (Å²) in [6, 6.07) is 18.1. The minimum Gasteiger partial charge on any atom is -0.341 e. The first kappa shape index (κ1) is 19.4. The quantitative estimate of drug-likeness (QED) is 0.620. The zero-order valence-electron chi connectivity index (χ0n) is 17.0. The molecule has 1 amide bonds. The van der Waals surface area contributed by atoms with Gasteiger partial charge in [0.05, 0.1) is 11.8 Å². The van der Waals surface area contributed by atoms with Gasteiger partial charge in [0.15, 0.2) is 0 Å². The van der Waals surface area contributed by atoms with E-state index in [1.807, 2.05) is 60.4 Å². The predicted octanol–water partition coefficient (Wildman–Crippen LogP) is 4.94. The van der Waals surface area contributed by atoms with E-state index in [1.165, 1.54) is 0 Å². The molecule has 5 heteroatoms. The molecule has 0 spiro atoms. The van der Waals surface area contributed by atoms with Crippen LogP contribution in [0.4, 0.5) is 0 Å². The Morgan fingerprint density at radius 3 is 2.79 bits per heavy atom. The maximum absolute atomic E-state index is 13.2. The number of hydrogen-bond acceptors (Lipinski definition) is 4. The lowest BCUT2D eigenvalue weighted by molar-refractivity contribution is -0.134. The van der Waals surface area contributed by atoms with Gasteiger partial charge in [-0.25, -0.2) is 0 Å². The van der Waals surface area contributed by atoms with Gasteiger partial charge < -0.3 is 9.42 Å². The topological polar surface area (TPSA) is 59.2 Å². The zero-order chi connectivity index (χ0) is 20.2. The molecular weight excluding hydrogens is 362 g/mol. The Balaban J connectivity index is 1.49. The van der Waals surface area contributed by atoms with Crippen LogP contribution in [0.1, 0.15) is 55.0 Å². The molecule has 1 saturated heterocycles. The largest absolute Gasteiger partial charge is 0.341 e. The highest BCUT2D eigenvalue weighted by atomic mass is 16.5. The number of aromatic nitrogens is 2. The van der Waals surface area contributed by atoms with E-state index in [9.17, 15) is 4.79 Å². The van der Waals surface area contributed by atoms with E-state index < -0.39 is 0 Å². The lowest BCUT2D eigenvalue weighted by Crippen LogP contribution is -2.41. The molecule has 2 unspecified atom stereocenters. The molecule has 3 aromatic rings. The molecule has 0 bridgehead atoms. The van der Waals surface area contributed by atoms with Crippen LogP contribution in [0.15, 0.2) is 59.1 Å². The van der Waals surface area contributed by atoms with Crippen LogP contribution in [0.25, 0.3) is 11.4 Å². The Labute approximate surface area is 171 Å². The molecule has 2 atom stereocenters. The minimum atomic E-state index is -0.0968. The van der Waals surface area contributed by atoms with E-state index in [0.717, 1.165) is 42.5 Å². The van der Waals surface area contributed by atoms with E-state index in [0.29, 0.717) is 18.3 Å². The molecule has 0 radical (unpaired) electrons. The van der Waals surface area contributed by atoms with Crippen molar-refractivity contribution in [2.45, 2.75) is 44.9 Å². The van der Waals surface area contributed by atoms with Crippen molar-refractivity contribution in [1.82, 2.24) is 15.0 Å². The van der Waals surface area contributed by atoms with Gasteiger partial charge in [-0.15, -0.1) is 0 Å². The molecule has 2 heterocycles. The number of aryl methyl sites for hydroxylation is 1. The van der Waals surface area contributed by atoms with E-state index in [1.54, 1.807) is 0 Å². The monoisotopic (exact) mass is 389 g/mol. The standard InChI is InChI=1S/C24H27N3O2/c1-3-21(18-10-5-4-6-11-18)24(28)27-14-8-13-20(16-27)23-25-22(26-29-23)19-12-7-9-17(2)15-19/h4-7,9-12,15,20-21H,3,8,13-14,16H2,1-2H3. The van der Waals surface area contributed by atoms with Crippen molar-refractivity contribution in [2.75, 3.05) is 13.1 Å². The summed E-state index contributed by atoms with van der Waals surface area (Å²) in [5, 5.41) is 4.18. The fourth-order valence-electron chi connectivity index (χ4n) is 4.14. The van der Waals surface area contributed by atoms with Gasteiger partial charge in [-0.3, -0.25) is 4.79 Å². The maximum atomic E-state index is 13.2. The molecule has 5 nitrogen and oxygen atoms in total. The third kappa shape index (κ3) is 4.24. The lowest BCUT2D eigenvalue weighted by atomic mass is 9.92. The number of carbonyl (C=O) groups excluding carboxylic acids is 1. The molecule has 0 aliphatic carbocycles.